The fourth-order valence-corrected chi connectivity index (χ4v) is 4.06. The molecule has 2 saturated heterocycles. The van der Waals surface area contributed by atoms with E-state index in [0.29, 0.717) is 24.8 Å². The van der Waals surface area contributed by atoms with Crippen molar-refractivity contribution in [2.24, 2.45) is 5.41 Å². The highest BCUT2D eigenvalue weighted by molar-refractivity contribution is 5.55. The van der Waals surface area contributed by atoms with Crippen molar-refractivity contribution in [1.82, 2.24) is 4.90 Å². The lowest BCUT2D eigenvalue weighted by Crippen LogP contribution is -2.51. The lowest BCUT2D eigenvalue weighted by molar-refractivity contribution is -0.137. The lowest BCUT2D eigenvalue weighted by Gasteiger charge is -2.45. The average molecular weight is 352 g/mol. The van der Waals surface area contributed by atoms with Gasteiger partial charge in [0, 0.05) is 24.8 Å². The van der Waals surface area contributed by atoms with Crippen LogP contribution in [0.5, 0.6) is 0 Å². The number of allylic oxidation sites excluding steroid dienone is 1. The number of hydrogen-bond donors (Lipinski definition) is 0. The molecule has 0 N–H and O–H groups in total. The van der Waals surface area contributed by atoms with Crippen molar-refractivity contribution in [3.8, 4) is 0 Å². The summed E-state index contributed by atoms with van der Waals surface area (Å²) in [5, 5.41) is 0. The van der Waals surface area contributed by atoms with Gasteiger partial charge in [-0.05, 0) is 56.3 Å². The minimum absolute atomic E-state index is 0.202. The number of anilines is 1. The normalized spacial score (nSPS) is 25.0. The maximum atomic E-state index is 13.3. The largest absolute Gasteiger partial charge is 0.418 e. The number of benzene rings is 1. The van der Waals surface area contributed by atoms with Gasteiger partial charge in [-0.25, -0.2) is 0 Å². The minimum atomic E-state index is -4.31. The molecule has 0 saturated carbocycles. The Bertz CT molecular complexity index is 603. The van der Waals surface area contributed by atoms with Gasteiger partial charge in [0.1, 0.15) is 0 Å². The molecule has 1 atom stereocenters. The molecule has 5 heteroatoms. The van der Waals surface area contributed by atoms with E-state index in [2.05, 4.69) is 24.5 Å². The Morgan fingerprint density at radius 1 is 1.16 bits per heavy atom. The number of halogens is 3. The molecule has 2 aliphatic heterocycles. The molecule has 2 aliphatic rings. The predicted octanol–water partition coefficient (Wildman–Crippen LogP) is 4.96. The molecule has 25 heavy (non-hydrogen) atoms. The highest BCUT2D eigenvalue weighted by atomic mass is 19.4. The Balaban J connectivity index is 1.72. The zero-order valence-electron chi connectivity index (χ0n) is 14.9. The molecule has 2 fully saturated rings. The molecule has 138 valence electrons. The molecule has 2 nitrogen and oxygen atoms in total. The van der Waals surface area contributed by atoms with E-state index < -0.39 is 11.7 Å². The Kier molecular flexibility index (Phi) is 5.14. The second-order valence-corrected chi connectivity index (χ2v) is 7.65. The molecule has 0 radical (unpaired) electrons. The van der Waals surface area contributed by atoms with Crippen LogP contribution in [0.25, 0.3) is 0 Å². The highest BCUT2D eigenvalue weighted by Gasteiger charge is 2.37. The fourth-order valence-electron chi connectivity index (χ4n) is 4.06. The summed E-state index contributed by atoms with van der Waals surface area (Å²) in [5.41, 5.74) is 0.00876. The van der Waals surface area contributed by atoms with Gasteiger partial charge in [0.2, 0.25) is 0 Å². The molecule has 1 unspecified atom stereocenters. The topological polar surface area (TPSA) is 6.48 Å². The summed E-state index contributed by atoms with van der Waals surface area (Å²) in [6.07, 6.45) is 1.90. The van der Waals surface area contributed by atoms with Gasteiger partial charge in [0.15, 0.2) is 0 Å². The number of piperidine rings is 2. The number of likely N-dealkylation sites (tertiary alicyclic amines) is 1. The van der Waals surface area contributed by atoms with Gasteiger partial charge < -0.3 is 4.90 Å². The number of nitrogens with zero attached hydrogens (tertiary/aromatic N) is 2. The van der Waals surface area contributed by atoms with Crippen molar-refractivity contribution in [2.45, 2.75) is 44.8 Å². The zero-order valence-corrected chi connectivity index (χ0v) is 14.9. The Hall–Kier alpha value is -1.49. The maximum Gasteiger partial charge on any atom is 0.418 e. The lowest BCUT2D eigenvalue weighted by atomic mass is 9.80. The summed E-state index contributed by atoms with van der Waals surface area (Å²) < 4.78 is 40.0. The number of alkyl halides is 3. The number of para-hydroxylation sites is 1. The van der Waals surface area contributed by atoms with Crippen LogP contribution in [-0.2, 0) is 6.18 Å². The van der Waals surface area contributed by atoms with Crippen molar-refractivity contribution in [1.29, 1.82) is 0 Å². The Labute approximate surface area is 148 Å². The van der Waals surface area contributed by atoms with Gasteiger partial charge in [-0.15, -0.1) is 6.58 Å². The number of rotatable bonds is 3. The Morgan fingerprint density at radius 2 is 1.84 bits per heavy atom. The Morgan fingerprint density at radius 3 is 2.48 bits per heavy atom. The third kappa shape index (κ3) is 4.02. The van der Waals surface area contributed by atoms with E-state index in [1.54, 1.807) is 12.1 Å². The van der Waals surface area contributed by atoms with Crippen LogP contribution in [0.2, 0.25) is 0 Å². The van der Waals surface area contributed by atoms with E-state index in [9.17, 15) is 13.2 Å². The van der Waals surface area contributed by atoms with Gasteiger partial charge in [-0.2, -0.15) is 13.2 Å². The van der Waals surface area contributed by atoms with E-state index in [1.807, 2.05) is 4.90 Å². The summed E-state index contributed by atoms with van der Waals surface area (Å²) in [5.74, 6) is 0. The first kappa shape index (κ1) is 18.3. The zero-order chi connectivity index (χ0) is 18.1. The van der Waals surface area contributed by atoms with Crippen molar-refractivity contribution < 1.29 is 13.2 Å². The van der Waals surface area contributed by atoms with Crippen LogP contribution >= 0.6 is 0 Å². The van der Waals surface area contributed by atoms with E-state index in [1.165, 1.54) is 12.1 Å². The molecule has 3 rings (SSSR count). The van der Waals surface area contributed by atoms with Crippen LogP contribution in [0.4, 0.5) is 18.9 Å². The fraction of sp³-hybridized carbons (Fsp3) is 0.600. The van der Waals surface area contributed by atoms with Crippen molar-refractivity contribution in [3.63, 3.8) is 0 Å². The molecule has 1 aromatic carbocycles. The van der Waals surface area contributed by atoms with Crippen molar-refractivity contribution in [3.05, 3.63) is 42.5 Å². The SMILES string of the molecule is C=CC1(C)CCN(C2CCCN(c3ccccc3C(F)(F)F)C2)CC1. The van der Waals surface area contributed by atoms with Crippen LogP contribution in [0.1, 0.15) is 38.2 Å². The summed E-state index contributed by atoms with van der Waals surface area (Å²) in [6, 6.07) is 6.30. The van der Waals surface area contributed by atoms with Gasteiger partial charge in [-0.3, -0.25) is 4.90 Å². The van der Waals surface area contributed by atoms with E-state index in [-0.39, 0.29) is 5.41 Å². The van der Waals surface area contributed by atoms with Gasteiger partial charge >= 0.3 is 6.18 Å². The van der Waals surface area contributed by atoms with Crippen LogP contribution in [-0.4, -0.2) is 37.1 Å². The highest BCUT2D eigenvalue weighted by Crippen LogP contribution is 2.38. The maximum absolute atomic E-state index is 13.3. The van der Waals surface area contributed by atoms with Crippen molar-refractivity contribution in [2.75, 3.05) is 31.1 Å². The molecule has 0 amide bonds. The molecule has 0 spiro atoms. The molecule has 0 aliphatic carbocycles. The minimum Gasteiger partial charge on any atom is -0.369 e. The average Bonchev–Trinajstić information content (AvgIpc) is 2.62. The van der Waals surface area contributed by atoms with E-state index in [0.717, 1.165) is 38.8 Å². The summed E-state index contributed by atoms with van der Waals surface area (Å²) in [6.45, 7) is 9.56. The van der Waals surface area contributed by atoms with Crippen LogP contribution in [0, 0.1) is 5.41 Å². The van der Waals surface area contributed by atoms with Gasteiger partial charge in [-0.1, -0.05) is 25.1 Å². The first-order chi connectivity index (χ1) is 11.8. The molecular weight excluding hydrogens is 325 g/mol. The van der Waals surface area contributed by atoms with Crippen LogP contribution in [0.3, 0.4) is 0 Å². The van der Waals surface area contributed by atoms with Crippen LogP contribution < -0.4 is 4.90 Å². The van der Waals surface area contributed by atoms with Gasteiger partial charge in [0.05, 0.1) is 5.56 Å². The van der Waals surface area contributed by atoms with Gasteiger partial charge in [0.25, 0.3) is 0 Å². The molecule has 1 aromatic rings. The standard InChI is InChI=1S/C20H27F3N2/c1-3-19(2)10-13-24(14-11-19)16-7-6-12-25(15-16)18-9-5-4-8-17(18)20(21,22)23/h3-5,8-9,16H,1,6-7,10-15H2,2H3. The third-order valence-electron chi connectivity index (χ3n) is 5.90. The summed E-state index contributed by atoms with van der Waals surface area (Å²) in [7, 11) is 0. The first-order valence-corrected chi connectivity index (χ1v) is 9.11. The quantitative estimate of drug-likeness (QED) is 0.709. The third-order valence-corrected chi connectivity index (χ3v) is 5.90. The van der Waals surface area contributed by atoms with E-state index in [4.69, 9.17) is 0 Å². The van der Waals surface area contributed by atoms with E-state index >= 15 is 0 Å². The first-order valence-electron chi connectivity index (χ1n) is 9.11. The summed E-state index contributed by atoms with van der Waals surface area (Å²) >= 11 is 0. The molecule has 0 bridgehead atoms. The summed E-state index contributed by atoms with van der Waals surface area (Å²) in [4.78, 5) is 4.39. The molecular formula is C20H27F3N2. The second-order valence-electron chi connectivity index (χ2n) is 7.65. The monoisotopic (exact) mass is 352 g/mol. The predicted molar refractivity (Wildman–Crippen MR) is 95.8 cm³/mol. The smallest absolute Gasteiger partial charge is 0.369 e. The number of hydrogen-bond acceptors (Lipinski definition) is 2. The molecule has 0 aromatic heterocycles. The van der Waals surface area contributed by atoms with Crippen molar-refractivity contribution >= 4 is 5.69 Å². The molecule has 2 heterocycles. The van der Waals surface area contributed by atoms with Crippen LogP contribution in [0.15, 0.2) is 36.9 Å². The second kappa shape index (κ2) is 7.02.